The summed E-state index contributed by atoms with van der Waals surface area (Å²) in [6.07, 6.45) is -0.656. The van der Waals surface area contributed by atoms with Crippen LogP contribution in [0.1, 0.15) is 0 Å². The number of carbonyl (C=O) groups excluding carboxylic acids is 1. The zero-order valence-corrected chi connectivity index (χ0v) is 8.61. The smallest absolute Gasteiger partial charge is 0.330 e. The lowest BCUT2D eigenvalue weighted by Crippen LogP contribution is -2.16. The van der Waals surface area contributed by atoms with Crippen LogP contribution in [0.5, 0.6) is 5.75 Å². The molecule has 0 bridgehead atoms. The van der Waals surface area contributed by atoms with Gasteiger partial charge in [0, 0.05) is 6.08 Å². The fraction of sp³-hybridized carbons (Fsp3) is 0.182. The van der Waals surface area contributed by atoms with Gasteiger partial charge in [0.05, 0.1) is 0 Å². The summed E-state index contributed by atoms with van der Waals surface area (Å²) in [6.45, 7) is 2.69. The monoisotopic (exact) mass is 226 g/mol. The van der Waals surface area contributed by atoms with E-state index in [0.29, 0.717) is 5.75 Å². The normalized spacial score (nSPS) is 8.94. The molecule has 0 radical (unpaired) electrons. The van der Waals surface area contributed by atoms with E-state index in [1.165, 1.54) is 0 Å². The van der Waals surface area contributed by atoms with Gasteiger partial charge in [-0.3, -0.25) is 0 Å². The van der Waals surface area contributed by atoms with Gasteiger partial charge < -0.3 is 20.1 Å². The topological polar surface area (TPSA) is 87.0 Å². The molecular weight excluding hydrogens is 212 g/mol. The van der Waals surface area contributed by atoms with E-state index in [-0.39, 0.29) is 0 Å². The molecule has 0 unspecified atom stereocenters. The number of carbonyl (C=O) groups is 1. The SMILES string of the molecule is C=CC(=O)OCC(O)O.Oc1ccccc1. The molecule has 0 saturated heterocycles. The van der Waals surface area contributed by atoms with Gasteiger partial charge in [-0.05, 0) is 12.1 Å². The maximum absolute atomic E-state index is 10.2. The van der Waals surface area contributed by atoms with Crippen LogP contribution >= 0.6 is 0 Å². The van der Waals surface area contributed by atoms with Crippen molar-refractivity contribution in [3.63, 3.8) is 0 Å². The Bertz CT molecular complexity index is 307. The van der Waals surface area contributed by atoms with E-state index in [1.807, 2.05) is 6.07 Å². The predicted molar refractivity (Wildman–Crippen MR) is 57.5 cm³/mol. The number of esters is 1. The zero-order chi connectivity index (χ0) is 12.4. The van der Waals surface area contributed by atoms with Crippen LogP contribution in [-0.2, 0) is 9.53 Å². The van der Waals surface area contributed by atoms with Crippen LogP contribution < -0.4 is 0 Å². The fourth-order valence-corrected chi connectivity index (χ4v) is 0.644. The molecule has 0 aliphatic rings. The van der Waals surface area contributed by atoms with Crippen LogP contribution in [0, 0.1) is 0 Å². The van der Waals surface area contributed by atoms with Crippen molar-refractivity contribution in [2.24, 2.45) is 0 Å². The number of hydrogen-bond donors (Lipinski definition) is 3. The third-order valence-electron chi connectivity index (χ3n) is 1.30. The molecule has 3 N–H and O–H groups in total. The highest BCUT2D eigenvalue weighted by molar-refractivity contribution is 5.81. The summed E-state index contributed by atoms with van der Waals surface area (Å²) in [5.41, 5.74) is 0. The summed E-state index contributed by atoms with van der Waals surface area (Å²) in [5, 5.41) is 24.9. The number of phenols is 1. The standard InChI is InChI=1S/C6H6O.C5H8O4/c7-6-4-2-1-3-5-6;1-2-5(8)9-3-4(6)7/h1-5,7H;2,4,6-7H,1,3H2. The Morgan fingerprint density at radius 3 is 2.25 bits per heavy atom. The maximum atomic E-state index is 10.2. The van der Waals surface area contributed by atoms with Gasteiger partial charge >= 0.3 is 5.97 Å². The number of phenolic OH excluding ortho intramolecular Hbond substituents is 1. The third-order valence-corrected chi connectivity index (χ3v) is 1.30. The molecule has 88 valence electrons. The van der Waals surface area contributed by atoms with Crippen LogP contribution in [0.3, 0.4) is 0 Å². The lowest BCUT2D eigenvalue weighted by atomic mass is 10.3. The largest absolute Gasteiger partial charge is 0.508 e. The van der Waals surface area contributed by atoms with Gasteiger partial charge in [0.25, 0.3) is 0 Å². The Morgan fingerprint density at radius 2 is 1.94 bits per heavy atom. The minimum absolute atomic E-state index is 0.322. The number of aromatic hydroxyl groups is 1. The second-order valence-electron chi connectivity index (χ2n) is 2.65. The summed E-state index contributed by atoms with van der Waals surface area (Å²) in [5.74, 6) is -0.342. The molecule has 0 aliphatic carbocycles. The van der Waals surface area contributed by atoms with E-state index in [4.69, 9.17) is 15.3 Å². The quantitative estimate of drug-likeness (QED) is 0.395. The number of rotatable bonds is 3. The number of aliphatic hydroxyl groups is 2. The summed E-state index contributed by atoms with van der Waals surface area (Å²) in [4.78, 5) is 10.2. The number of ether oxygens (including phenoxy) is 1. The van der Waals surface area contributed by atoms with E-state index in [2.05, 4.69) is 11.3 Å². The Balaban J connectivity index is 0.000000288. The van der Waals surface area contributed by atoms with Gasteiger partial charge in [-0.25, -0.2) is 4.79 Å². The fourth-order valence-electron chi connectivity index (χ4n) is 0.644. The van der Waals surface area contributed by atoms with Crippen LogP contribution in [0.2, 0.25) is 0 Å². The molecule has 5 nitrogen and oxygen atoms in total. The zero-order valence-electron chi connectivity index (χ0n) is 8.61. The van der Waals surface area contributed by atoms with Crippen LogP contribution in [0.25, 0.3) is 0 Å². The second kappa shape index (κ2) is 8.46. The molecule has 0 aliphatic heterocycles. The van der Waals surface area contributed by atoms with Gasteiger partial charge in [0.2, 0.25) is 0 Å². The lowest BCUT2D eigenvalue weighted by Gasteiger charge is -2.01. The molecule has 0 saturated carbocycles. The van der Waals surface area contributed by atoms with Gasteiger partial charge in [0.1, 0.15) is 12.4 Å². The molecule has 16 heavy (non-hydrogen) atoms. The molecule has 1 rings (SSSR count). The summed E-state index contributed by atoms with van der Waals surface area (Å²) >= 11 is 0. The van der Waals surface area contributed by atoms with Crippen molar-refractivity contribution < 1.29 is 24.9 Å². The Kier molecular flexibility index (Phi) is 7.48. The van der Waals surface area contributed by atoms with Gasteiger partial charge in [-0.2, -0.15) is 0 Å². The first kappa shape index (κ1) is 14.2. The molecular formula is C11H14O5. The summed E-state index contributed by atoms with van der Waals surface area (Å²) < 4.78 is 4.20. The summed E-state index contributed by atoms with van der Waals surface area (Å²) in [6, 6.07) is 8.71. The van der Waals surface area contributed by atoms with E-state index < -0.39 is 18.9 Å². The average molecular weight is 226 g/mol. The molecule has 0 aromatic heterocycles. The number of benzene rings is 1. The highest BCUT2D eigenvalue weighted by atomic mass is 16.6. The van der Waals surface area contributed by atoms with E-state index in [9.17, 15) is 4.79 Å². The third kappa shape index (κ3) is 8.74. The van der Waals surface area contributed by atoms with Crippen molar-refractivity contribution in [3.8, 4) is 5.75 Å². The molecule has 0 spiro atoms. The maximum Gasteiger partial charge on any atom is 0.330 e. The van der Waals surface area contributed by atoms with E-state index in [1.54, 1.807) is 24.3 Å². The minimum atomic E-state index is -1.60. The molecule has 1 aromatic rings. The van der Waals surface area contributed by atoms with Crippen LogP contribution in [0.4, 0.5) is 0 Å². The van der Waals surface area contributed by atoms with E-state index >= 15 is 0 Å². The molecule has 1 aromatic carbocycles. The van der Waals surface area contributed by atoms with Crippen LogP contribution in [-0.4, -0.2) is 34.2 Å². The second-order valence-corrected chi connectivity index (χ2v) is 2.65. The Labute approximate surface area is 93.2 Å². The Hall–Kier alpha value is -1.85. The minimum Gasteiger partial charge on any atom is -0.508 e. The van der Waals surface area contributed by atoms with Gasteiger partial charge in [-0.1, -0.05) is 24.8 Å². The lowest BCUT2D eigenvalue weighted by molar-refractivity contribution is -0.150. The highest BCUT2D eigenvalue weighted by Gasteiger charge is 1.99. The Morgan fingerprint density at radius 1 is 1.38 bits per heavy atom. The first-order chi connectivity index (χ1) is 7.56. The van der Waals surface area contributed by atoms with Crippen molar-refractivity contribution in [1.29, 1.82) is 0 Å². The average Bonchev–Trinajstić information content (AvgIpc) is 2.27. The van der Waals surface area contributed by atoms with Crippen molar-refractivity contribution >= 4 is 5.97 Å². The predicted octanol–water partition coefficient (Wildman–Crippen LogP) is 0.418. The molecule has 5 heteroatoms. The molecule has 0 heterocycles. The first-order valence-electron chi connectivity index (χ1n) is 4.45. The number of para-hydroxylation sites is 1. The van der Waals surface area contributed by atoms with Crippen molar-refractivity contribution in [2.45, 2.75) is 6.29 Å². The number of aliphatic hydroxyl groups excluding tert-OH is 1. The first-order valence-corrected chi connectivity index (χ1v) is 4.45. The van der Waals surface area contributed by atoms with E-state index in [0.717, 1.165) is 6.08 Å². The van der Waals surface area contributed by atoms with Gasteiger partial charge in [-0.15, -0.1) is 0 Å². The summed E-state index contributed by atoms with van der Waals surface area (Å²) in [7, 11) is 0. The number of hydrogen-bond acceptors (Lipinski definition) is 5. The highest BCUT2D eigenvalue weighted by Crippen LogP contribution is 2.02. The van der Waals surface area contributed by atoms with Gasteiger partial charge in [0.15, 0.2) is 6.29 Å². The van der Waals surface area contributed by atoms with Crippen molar-refractivity contribution in [3.05, 3.63) is 43.0 Å². The molecule has 0 amide bonds. The van der Waals surface area contributed by atoms with Crippen molar-refractivity contribution in [2.75, 3.05) is 6.61 Å². The van der Waals surface area contributed by atoms with Crippen molar-refractivity contribution in [1.82, 2.24) is 0 Å². The molecule has 0 fully saturated rings. The molecule has 0 atom stereocenters. The van der Waals surface area contributed by atoms with Crippen LogP contribution in [0.15, 0.2) is 43.0 Å².